The molecule has 0 bridgehead atoms. The van der Waals surface area contributed by atoms with Gasteiger partial charge in [0.15, 0.2) is 0 Å². The first-order valence-corrected chi connectivity index (χ1v) is 15.0. The molecule has 3 heterocycles. The Kier molecular flexibility index (Phi) is 9.47. The molecule has 0 radical (unpaired) electrons. The lowest BCUT2D eigenvalue weighted by atomic mass is 9.88. The van der Waals surface area contributed by atoms with Crippen LogP contribution in [0.25, 0.3) is 0 Å². The smallest absolute Gasteiger partial charge is 0.416 e. The van der Waals surface area contributed by atoms with Crippen molar-refractivity contribution in [1.82, 2.24) is 14.5 Å². The van der Waals surface area contributed by atoms with Crippen LogP contribution in [0.5, 0.6) is 0 Å². The number of carboxylic acids is 1. The van der Waals surface area contributed by atoms with Crippen molar-refractivity contribution in [2.24, 2.45) is 17.8 Å². The predicted octanol–water partition coefficient (Wildman–Crippen LogP) is 5.84. The first-order chi connectivity index (χ1) is 21.3. The highest BCUT2D eigenvalue weighted by molar-refractivity contribution is 5.92. The van der Waals surface area contributed by atoms with Gasteiger partial charge in [-0.2, -0.15) is 13.2 Å². The second-order valence-electron chi connectivity index (χ2n) is 12.3. The van der Waals surface area contributed by atoms with Gasteiger partial charge >= 0.3 is 12.1 Å². The fourth-order valence-corrected chi connectivity index (χ4v) is 6.42. The topological polar surface area (TPSA) is 90.7 Å². The third-order valence-electron chi connectivity index (χ3n) is 8.61. The van der Waals surface area contributed by atoms with E-state index < -0.39 is 53.0 Å². The van der Waals surface area contributed by atoms with Gasteiger partial charge in [-0.25, -0.2) is 13.8 Å². The van der Waals surface area contributed by atoms with Gasteiger partial charge in [0.25, 0.3) is 0 Å². The summed E-state index contributed by atoms with van der Waals surface area (Å²) in [6.07, 6.45) is -0.879. The number of anilines is 2. The fraction of sp³-hybridized carbons (Fsp3) is 0.469. The largest absolute Gasteiger partial charge is 0.481 e. The van der Waals surface area contributed by atoms with Crippen molar-refractivity contribution in [3.05, 3.63) is 77.1 Å². The highest BCUT2D eigenvalue weighted by Crippen LogP contribution is 2.37. The number of alkyl halides is 3. The lowest BCUT2D eigenvalue weighted by Gasteiger charge is -2.34. The zero-order valence-electron chi connectivity index (χ0n) is 25.0. The van der Waals surface area contributed by atoms with Gasteiger partial charge in [-0.1, -0.05) is 26.0 Å². The highest BCUT2D eigenvalue weighted by Gasteiger charge is 2.40. The van der Waals surface area contributed by atoms with Crippen molar-refractivity contribution in [3.63, 3.8) is 0 Å². The average Bonchev–Trinajstić information content (AvgIpc) is 3.59. The summed E-state index contributed by atoms with van der Waals surface area (Å²) >= 11 is 0. The van der Waals surface area contributed by atoms with Crippen LogP contribution >= 0.6 is 0 Å². The van der Waals surface area contributed by atoms with Crippen molar-refractivity contribution >= 4 is 23.5 Å². The van der Waals surface area contributed by atoms with Gasteiger partial charge in [-0.3, -0.25) is 14.9 Å². The number of carbonyl (C=O) groups is 2. The zero-order valence-corrected chi connectivity index (χ0v) is 25.0. The maximum Gasteiger partial charge on any atom is 0.416 e. The standard InChI is InChI=1S/C32H36F5N5O3/c1-19(2)15-40-17-25(24-6-5-23(33)14-27(24)34)26(18-40)29(43)39-31-38-9-12-42(31)16-21-3-4-22(32(35,36)37)13-28(21)41-10-7-20(8-11-41)30(44)45/h3-6,9,12-14,19-20,25-26H,7-8,10-11,15-18H2,1-2H3,(H,44,45)(H,38,39,43)/t25-,26+/m0/s1. The molecule has 3 aromatic rings. The van der Waals surface area contributed by atoms with Crippen LogP contribution in [-0.4, -0.2) is 64.2 Å². The number of carbonyl (C=O) groups excluding carboxylic acids is 1. The quantitative estimate of drug-likeness (QED) is 0.288. The van der Waals surface area contributed by atoms with E-state index in [0.29, 0.717) is 49.6 Å². The van der Waals surface area contributed by atoms with Crippen LogP contribution in [0, 0.1) is 29.4 Å². The minimum Gasteiger partial charge on any atom is -0.481 e. The van der Waals surface area contributed by atoms with Gasteiger partial charge in [0, 0.05) is 62.8 Å². The van der Waals surface area contributed by atoms with Crippen LogP contribution in [0.3, 0.4) is 0 Å². The molecule has 2 N–H and O–H groups in total. The van der Waals surface area contributed by atoms with E-state index in [0.717, 1.165) is 18.2 Å². The lowest BCUT2D eigenvalue weighted by Crippen LogP contribution is -2.37. The van der Waals surface area contributed by atoms with E-state index in [9.17, 15) is 36.6 Å². The number of rotatable bonds is 9. The normalized spacial score (nSPS) is 19.8. The summed E-state index contributed by atoms with van der Waals surface area (Å²) in [4.78, 5) is 33.3. The van der Waals surface area contributed by atoms with Crippen molar-refractivity contribution < 1.29 is 36.6 Å². The predicted molar refractivity (Wildman–Crippen MR) is 158 cm³/mol. The van der Waals surface area contributed by atoms with E-state index in [-0.39, 0.29) is 31.1 Å². The molecule has 8 nitrogen and oxygen atoms in total. The summed E-state index contributed by atoms with van der Waals surface area (Å²) in [5.41, 5.74) is 0.325. The summed E-state index contributed by atoms with van der Waals surface area (Å²) < 4.78 is 71.1. The Morgan fingerprint density at radius 2 is 1.80 bits per heavy atom. The molecule has 0 spiro atoms. The van der Waals surface area contributed by atoms with E-state index in [1.165, 1.54) is 24.4 Å². The van der Waals surface area contributed by atoms with Crippen molar-refractivity contribution in [2.75, 3.05) is 42.9 Å². The van der Waals surface area contributed by atoms with Gasteiger partial charge in [0.05, 0.1) is 23.9 Å². The Morgan fingerprint density at radius 1 is 1.07 bits per heavy atom. The van der Waals surface area contributed by atoms with Crippen LogP contribution in [0.4, 0.5) is 33.6 Å². The minimum absolute atomic E-state index is 0.0854. The van der Waals surface area contributed by atoms with Crippen molar-refractivity contribution in [3.8, 4) is 0 Å². The van der Waals surface area contributed by atoms with Gasteiger partial charge < -0.3 is 19.5 Å². The molecule has 1 aromatic heterocycles. The molecule has 0 aliphatic carbocycles. The summed E-state index contributed by atoms with van der Waals surface area (Å²) in [7, 11) is 0. The number of likely N-dealkylation sites (tertiary alicyclic amines) is 1. The summed E-state index contributed by atoms with van der Waals surface area (Å²) in [6, 6.07) is 6.84. The van der Waals surface area contributed by atoms with Gasteiger partial charge in [-0.15, -0.1) is 0 Å². The molecule has 5 rings (SSSR count). The number of hydrogen-bond donors (Lipinski definition) is 2. The molecule has 45 heavy (non-hydrogen) atoms. The third kappa shape index (κ3) is 7.46. The van der Waals surface area contributed by atoms with E-state index >= 15 is 0 Å². The van der Waals surface area contributed by atoms with Crippen LogP contribution in [0.2, 0.25) is 0 Å². The summed E-state index contributed by atoms with van der Waals surface area (Å²) in [6.45, 7) is 6.22. The number of amides is 1. The van der Waals surface area contributed by atoms with Crippen molar-refractivity contribution in [1.29, 1.82) is 0 Å². The number of aromatic nitrogens is 2. The number of hydrogen-bond acceptors (Lipinski definition) is 5. The Balaban J connectivity index is 1.38. The van der Waals surface area contributed by atoms with Crippen LogP contribution in [0.1, 0.15) is 49.3 Å². The molecule has 2 aliphatic heterocycles. The molecule has 0 saturated carbocycles. The average molecular weight is 634 g/mol. The molecule has 0 unspecified atom stereocenters. The summed E-state index contributed by atoms with van der Waals surface area (Å²) in [5.74, 6) is -3.99. The number of imidazole rings is 1. The van der Waals surface area contributed by atoms with Crippen LogP contribution in [0.15, 0.2) is 48.8 Å². The SMILES string of the molecule is CC(C)CN1C[C@@H](C(=O)Nc2nccn2Cc2ccc(C(F)(F)F)cc2N2CCC(C(=O)O)CC2)[C@H](c2ccc(F)cc2F)C1. The first kappa shape index (κ1) is 32.4. The zero-order chi connectivity index (χ0) is 32.5. The molecule has 242 valence electrons. The first-order valence-electron chi connectivity index (χ1n) is 15.0. The Morgan fingerprint density at radius 3 is 2.44 bits per heavy atom. The Bertz CT molecular complexity index is 1530. The minimum atomic E-state index is -4.56. The van der Waals surface area contributed by atoms with E-state index in [4.69, 9.17) is 0 Å². The monoisotopic (exact) mass is 633 g/mol. The molecule has 2 aliphatic rings. The highest BCUT2D eigenvalue weighted by atomic mass is 19.4. The maximum atomic E-state index is 14.9. The van der Waals surface area contributed by atoms with E-state index in [1.54, 1.807) is 15.7 Å². The third-order valence-corrected chi connectivity index (χ3v) is 8.61. The fourth-order valence-electron chi connectivity index (χ4n) is 6.42. The maximum absolute atomic E-state index is 14.9. The number of aliphatic carboxylic acids is 1. The molecule has 1 amide bonds. The number of benzene rings is 2. The number of halogens is 5. The second kappa shape index (κ2) is 13.2. The number of carboxylic acid groups (broad SMARTS) is 1. The number of nitrogens with one attached hydrogen (secondary N) is 1. The molecule has 2 fully saturated rings. The van der Waals surface area contributed by atoms with Crippen molar-refractivity contribution in [2.45, 2.75) is 45.3 Å². The Labute approximate surface area is 257 Å². The molecule has 13 heteroatoms. The number of nitrogens with zero attached hydrogens (tertiary/aromatic N) is 4. The number of piperidine rings is 1. The summed E-state index contributed by atoms with van der Waals surface area (Å²) in [5, 5.41) is 12.2. The van der Waals surface area contributed by atoms with E-state index in [2.05, 4.69) is 15.2 Å². The lowest BCUT2D eigenvalue weighted by molar-refractivity contribution is -0.142. The van der Waals surface area contributed by atoms with Crippen LogP contribution < -0.4 is 10.2 Å². The van der Waals surface area contributed by atoms with Gasteiger partial charge in [0.2, 0.25) is 11.9 Å². The molecular weight excluding hydrogens is 597 g/mol. The molecular formula is C32H36F5N5O3. The molecule has 2 atom stereocenters. The van der Waals surface area contributed by atoms with E-state index in [1.807, 2.05) is 13.8 Å². The van der Waals surface area contributed by atoms with Crippen LogP contribution in [-0.2, 0) is 22.3 Å². The second-order valence-corrected chi connectivity index (χ2v) is 12.3. The molecule has 2 aromatic carbocycles. The Hall–Kier alpha value is -4.00. The van der Waals surface area contributed by atoms with Gasteiger partial charge in [-0.05, 0) is 48.1 Å². The molecule has 2 saturated heterocycles. The van der Waals surface area contributed by atoms with Gasteiger partial charge in [0.1, 0.15) is 11.6 Å².